The lowest BCUT2D eigenvalue weighted by atomic mass is 10.1. The first-order valence-electron chi connectivity index (χ1n) is 6.54. The number of nitrogens with zero attached hydrogens (tertiary/aromatic N) is 4. The van der Waals surface area contributed by atoms with E-state index < -0.39 is 0 Å². The van der Waals surface area contributed by atoms with E-state index in [4.69, 9.17) is 4.74 Å². The van der Waals surface area contributed by atoms with E-state index in [2.05, 4.69) is 25.2 Å². The van der Waals surface area contributed by atoms with Gasteiger partial charge in [-0.2, -0.15) is 15.0 Å². The molecule has 0 radical (unpaired) electrons. The third-order valence-corrected chi connectivity index (χ3v) is 2.81. The lowest BCUT2D eigenvalue weighted by Gasteiger charge is -2.26. The molecular weight excluding hydrogens is 230 g/mol. The van der Waals surface area contributed by atoms with Crippen molar-refractivity contribution in [3.05, 3.63) is 0 Å². The Morgan fingerprint density at radius 1 is 1.11 bits per heavy atom. The quantitative estimate of drug-likeness (QED) is 0.878. The maximum absolute atomic E-state index is 5.56. The maximum atomic E-state index is 5.56. The van der Waals surface area contributed by atoms with Gasteiger partial charge in [0.1, 0.15) is 0 Å². The molecule has 6 heteroatoms. The summed E-state index contributed by atoms with van der Waals surface area (Å²) < 4.78 is 5.56. The van der Waals surface area contributed by atoms with Crippen molar-refractivity contribution in [1.29, 1.82) is 0 Å². The summed E-state index contributed by atoms with van der Waals surface area (Å²) in [6.45, 7) is 5.94. The molecule has 1 aromatic rings. The summed E-state index contributed by atoms with van der Waals surface area (Å²) in [5.41, 5.74) is 0. The van der Waals surface area contributed by atoms with Gasteiger partial charge in [-0.15, -0.1) is 0 Å². The second kappa shape index (κ2) is 5.84. The summed E-state index contributed by atoms with van der Waals surface area (Å²) in [7, 11) is 1.80. The third kappa shape index (κ3) is 3.21. The Hall–Kier alpha value is -1.59. The highest BCUT2D eigenvalue weighted by Crippen LogP contribution is 2.19. The van der Waals surface area contributed by atoms with E-state index in [0.717, 1.165) is 13.1 Å². The fourth-order valence-corrected chi connectivity index (χ4v) is 1.96. The van der Waals surface area contributed by atoms with Crippen molar-refractivity contribution in [2.45, 2.75) is 39.2 Å². The van der Waals surface area contributed by atoms with Crippen LogP contribution in [0.4, 0.5) is 11.9 Å². The van der Waals surface area contributed by atoms with Crippen LogP contribution in [0.1, 0.15) is 33.1 Å². The van der Waals surface area contributed by atoms with Gasteiger partial charge in [0.05, 0.1) is 6.10 Å². The van der Waals surface area contributed by atoms with Crippen molar-refractivity contribution in [3.8, 4) is 6.01 Å². The molecule has 1 aliphatic rings. The third-order valence-electron chi connectivity index (χ3n) is 2.81. The highest BCUT2D eigenvalue weighted by Gasteiger charge is 2.16. The smallest absolute Gasteiger partial charge is 0.323 e. The number of anilines is 2. The van der Waals surface area contributed by atoms with E-state index in [9.17, 15) is 0 Å². The Bertz CT molecular complexity index is 390. The lowest BCUT2D eigenvalue weighted by Crippen LogP contribution is -2.31. The molecule has 0 aromatic carbocycles. The van der Waals surface area contributed by atoms with Crippen molar-refractivity contribution >= 4 is 11.9 Å². The van der Waals surface area contributed by atoms with Crippen LogP contribution in [-0.4, -0.2) is 41.2 Å². The number of hydrogen-bond acceptors (Lipinski definition) is 6. The predicted molar refractivity (Wildman–Crippen MR) is 71.2 cm³/mol. The van der Waals surface area contributed by atoms with E-state index in [1.807, 2.05) is 13.8 Å². The summed E-state index contributed by atoms with van der Waals surface area (Å²) in [6.07, 6.45) is 3.74. The van der Waals surface area contributed by atoms with Crippen molar-refractivity contribution in [3.63, 3.8) is 0 Å². The van der Waals surface area contributed by atoms with Gasteiger partial charge in [0.15, 0.2) is 0 Å². The van der Waals surface area contributed by atoms with Crippen LogP contribution in [0, 0.1) is 0 Å². The Morgan fingerprint density at radius 3 is 2.44 bits per heavy atom. The van der Waals surface area contributed by atoms with Crippen LogP contribution in [0.2, 0.25) is 0 Å². The van der Waals surface area contributed by atoms with Gasteiger partial charge in [-0.1, -0.05) is 0 Å². The van der Waals surface area contributed by atoms with Crippen LogP contribution in [0.15, 0.2) is 0 Å². The highest BCUT2D eigenvalue weighted by molar-refractivity contribution is 5.38. The molecule has 1 fully saturated rings. The van der Waals surface area contributed by atoms with Crippen molar-refractivity contribution in [2.75, 3.05) is 30.4 Å². The van der Waals surface area contributed by atoms with Crippen LogP contribution in [0.5, 0.6) is 6.01 Å². The summed E-state index contributed by atoms with van der Waals surface area (Å²) in [4.78, 5) is 15.2. The molecular formula is C12H21N5O. The van der Waals surface area contributed by atoms with Gasteiger partial charge < -0.3 is 15.0 Å². The summed E-state index contributed by atoms with van der Waals surface area (Å²) in [6, 6.07) is 0.393. The van der Waals surface area contributed by atoms with E-state index in [-0.39, 0.29) is 6.10 Å². The van der Waals surface area contributed by atoms with Crippen LogP contribution in [0.3, 0.4) is 0 Å². The Morgan fingerprint density at radius 2 is 1.83 bits per heavy atom. The SMILES string of the molecule is CNc1nc(OC(C)C)nc(N2CCCCC2)n1. The summed E-state index contributed by atoms with van der Waals surface area (Å²) in [5.74, 6) is 1.27. The number of hydrogen-bond donors (Lipinski definition) is 1. The normalized spacial score (nSPS) is 15.9. The lowest BCUT2D eigenvalue weighted by molar-refractivity contribution is 0.222. The highest BCUT2D eigenvalue weighted by atomic mass is 16.5. The largest absolute Gasteiger partial charge is 0.461 e. The van der Waals surface area contributed by atoms with Crippen LogP contribution in [-0.2, 0) is 0 Å². The monoisotopic (exact) mass is 251 g/mol. The number of nitrogens with one attached hydrogen (secondary N) is 1. The molecule has 1 aliphatic heterocycles. The summed E-state index contributed by atoms with van der Waals surface area (Å²) in [5, 5.41) is 2.95. The van der Waals surface area contributed by atoms with Crippen molar-refractivity contribution in [2.24, 2.45) is 0 Å². The first-order valence-corrected chi connectivity index (χ1v) is 6.54. The van der Waals surface area contributed by atoms with Gasteiger partial charge in [-0.3, -0.25) is 0 Å². The zero-order chi connectivity index (χ0) is 13.0. The van der Waals surface area contributed by atoms with Gasteiger partial charge in [0, 0.05) is 20.1 Å². The molecule has 0 bridgehead atoms. The average Bonchev–Trinajstić information content (AvgIpc) is 2.38. The Balaban J connectivity index is 2.22. The number of piperidine rings is 1. The van der Waals surface area contributed by atoms with E-state index in [1.54, 1.807) is 7.05 Å². The predicted octanol–water partition coefficient (Wildman–Crippen LogP) is 1.69. The maximum Gasteiger partial charge on any atom is 0.323 e. The average molecular weight is 251 g/mol. The second-order valence-corrected chi connectivity index (χ2v) is 4.71. The first kappa shape index (κ1) is 12.9. The minimum absolute atomic E-state index is 0.0614. The van der Waals surface area contributed by atoms with E-state index >= 15 is 0 Å². The van der Waals surface area contributed by atoms with Crippen LogP contribution >= 0.6 is 0 Å². The zero-order valence-electron chi connectivity index (χ0n) is 11.3. The molecule has 1 saturated heterocycles. The molecule has 6 nitrogen and oxygen atoms in total. The second-order valence-electron chi connectivity index (χ2n) is 4.71. The molecule has 18 heavy (non-hydrogen) atoms. The molecule has 1 N–H and O–H groups in total. The fraction of sp³-hybridized carbons (Fsp3) is 0.750. The molecule has 0 amide bonds. The molecule has 0 atom stereocenters. The van der Waals surface area contributed by atoms with Gasteiger partial charge in [0.2, 0.25) is 11.9 Å². The zero-order valence-corrected chi connectivity index (χ0v) is 11.3. The van der Waals surface area contributed by atoms with Gasteiger partial charge in [-0.05, 0) is 33.1 Å². The van der Waals surface area contributed by atoms with Crippen molar-refractivity contribution in [1.82, 2.24) is 15.0 Å². The van der Waals surface area contributed by atoms with Gasteiger partial charge >= 0.3 is 6.01 Å². The minimum Gasteiger partial charge on any atom is -0.461 e. The van der Waals surface area contributed by atoms with Crippen LogP contribution < -0.4 is 15.0 Å². The molecule has 2 heterocycles. The number of rotatable bonds is 4. The molecule has 1 aromatic heterocycles. The molecule has 0 unspecified atom stereocenters. The standard InChI is InChI=1S/C12H21N5O/c1-9(2)18-12-15-10(13-3)14-11(16-12)17-7-5-4-6-8-17/h9H,4-8H2,1-3H3,(H,13,14,15,16). The molecule has 0 aliphatic carbocycles. The van der Waals surface area contributed by atoms with E-state index in [1.165, 1.54) is 19.3 Å². The van der Waals surface area contributed by atoms with Gasteiger partial charge in [0.25, 0.3) is 0 Å². The minimum atomic E-state index is 0.0614. The van der Waals surface area contributed by atoms with Gasteiger partial charge in [-0.25, -0.2) is 0 Å². The fourth-order valence-electron chi connectivity index (χ4n) is 1.96. The molecule has 0 saturated carbocycles. The molecule has 2 rings (SSSR count). The Kier molecular flexibility index (Phi) is 4.17. The van der Waals surface area contributed by atoms with E-state index in [0.29, 0.717) is 17.9 Å². The first-order chi connectivity index (χ1) is 8.69. The Labute approximate surface area is 108 Å². The van der Waals surface area contributed by atoms with Crippen LogP contribution in [0.25, 0.3) is 0 Å². The molecule has 0 spiro atoms. The number of ether oxygens (including phenoxy) is 1. The van der Waals surface area contributed by atoms with Crippen molar-refractivity contribution < 1.29 is 4.74 Å². The molecule has 100 valence electrons. The summed E-state index contributed by atoms with van der Waals surface area (Å²) >= 11 is 0. The number of aromatic nitrogens is 3. The topological polar surface area (TPSA) is 63.2 Å².